The van der Waals surface area contributed by atoms with E-state index in [9.17, 15) is 4.79 Å². The van der Waals surface area contributed by atoms with Crippen molar-refractivity contribution in [3.8, 4) is 5.75 Å². The van der Waals surface area contributed by atoms with Crippen molar-refractivity contribution < 1.29 is 9.53 Å². The first-order chi connectivity index (χ1) is 9.60. The van der Waals surface area contributed by atoms with Crippen molar-refractivity contribution in [3.05, 3.63) is 18.2 Å². The van der Waals surface area contributed by atoms with Gasteiger partial charge in [-0.05, 0) is 19.2 Å². The Hall–Kier alpha value is -1.40. The average Bonchev–Trinajstić information content (AvgIpc) is 2.46. The molecule has 0 bridgehead atoms. The number of hydrogen-bond donors (Lipinski definition) is 1. The number of piperazine rings is 1. The van der Waals surface area contributed by atoms with E-state index in [1.54, 1.807) is 13.2 Å². The second-order valence-electron chi connectivity index (χ2n) is 4.88. The molecule has 2 N–H and O–H groups in total. The summed E-state index contributed by atoms with van der Waals surface area (Å²) in [4.78, 5) is 17.3. The van der Waals surface area contributed by atoms with Gasteiger partial charge in [-0.25, -0.2) is 0 Å². The molecule has 0 saturated carbocycles. The van der Waals surface area contributed by atoms with E-state index in [2.05, 4.69) is 11.9 Å². The lowest BCUT2D eigenvalue weighted by Gasteiger charge is -2.32. The first-order valence-electron chi connectivity index (χ1n) is 6.63. The van der Waals surface area contributed by atoms with E-state index in [0.717, 1.165) is 36.8 Å². The summed E-state index contributed by atoms with van der Waals surface area (Å²) in [6.45, 7) is 3.52. The van der Waals surface area contributed by atoms with E-state index < -0.39 is 0 Å². The molecular formula is C14H21N3O2S. The molecule has 0 aromatic heterocycles. The second kappa shape index (κ2) is 6.85. The highest BCUT2D eigenvalue weighted by Crippen LogP contribution is 2.31. The number of nitrogen functional groups attached to an aromatic ring is 1. The Bertz CT molecular complexity index is 473. The van der Waals surface area contributed by atoms with Crippen molar-refractivity contribution >= 4 is 23.4 Å². The number of carbonyl (C=O) groups is 1. The first-order valence-corrected chi connectivity index (χ1v) is 7.61. The van der Waals surface area contributed by atoms with E-state index in [0.29, 0.717) is 11.4 Å². The molecule has 0 spiro atoms. The molecule has 2 rings (SSSR count). The van der Waals surface area contributed by atoms with Crippen molar-refractivity contribution in [3.63, 3.8) is 0 Å². The van der Waals surface area contributed by atoms with Gasteiger partial charge >= 0.3 is 0 Å². The number of rotatable bonds is 4. The smallest absolute Gasteiger partial charge is 0.233 e. The van der Waals surface area contributed by atoms with Gasteiger partial charge in [0.05, 0.1) is 12.9 Å². The summed E-state index contributed by atoms with van der Waals surface area (Å²) in [5, 5.41) is 0. The van der Waals surface area contributed by atoms with Crippen LogP contribution in [0.15, 0.2) is 23.1 Å². The summed E-state index contributed by atoms with van der Waals surface area (Å²) in [5.74, 6) is 1.34. The maximum Gasteiger partial charge on any atom is 0.233 e. The lowest BCUT2D eigenvalue weighted by molar-refractivity contribution is -0.129. The summed E-state index contributed by atoms with van der Waals surface area (Å²) in [6, 6.07) is 5.50. The molecule has 110 valence electrons. The topological polar surface area (TPSA) is 58.8 Å². The number of amides is 1. The first kappa shape index (κ1) is 15.0. The zero-order valence-corrected chi connectivity index (χ0v) is 12.8. The zero-order chi connectivity index (χ0) is 14.5. The molecule has 1 fully saturated rings. The third-order valence-corrected chi connectivity index (χ3v) is 4.43. The van der Waals surface area contributed by atoms with Crippen LogP contribution < -0.4 is 10.5 Å². The van der Waals surface area contributed by atoms with Gasteiger partial charge in [0.25, 0.3) is 0 Å². The average molecular weight is 295 g/mol. The summed E-state index contributed by atoms with van der Waals surface area (Å²) in [7, 11) is 3.69. The summed E-state index contributed by atoms with van der Waals surface area (Å²) in [5.41, 5.74) is 6.38. The summed E-state index contributed by atoms with van der Waals surface area (Å²) in [6.07, 6.45) is 0. The largest absolute Gasteiger partial charge is 0.496 e. The van der Waals surface area contributed by atoms with Crippen LogP contribution in [0.25, 0.3) is 0 Å². The minimum Gasteiger partial charge on any atom is -0.496 e. The monoisotopic (exact) mass is 295 g/mol. The fourth-order valence-electron chi connectivity index (χ4n) is 2.09. The van der Waals surface area contributed by atoms with Crippen molar-refractivity contribution in [2.75, 3.05) is 51.8 Å². The number of nitrogens with two attached hydrogens (primary N) is 1. The van der Waals surface area contributed by atoms with Crippen LogP contribution >= 0.6 is 11.8 Å². The van der Waals surface area contributed by atoms with Crippen LogP contribution in [0.4, 0.5) is 5.69 Å². The minimum atomic E-state index is 0.182. The van der Waals surface area contributed by atoms with Crippen LogP contribution in [0.2, 0.25) is 0 Å². The fraction of sp³-hybridized carbons (Fsp3) is 0.500. The van der Waals surface area contributed by atoms with Crippen molar-refractivity contribution in [2.24, 2.45) is 0 Å². The lowest BCUT2D eigenvalue weighted by atomic mass is 10.3. The van der Waals surface area contributed by atoms with Gasteiger partial charge < -0.3 is 20.3 Å². The van der Waals surface area contributed by atoms with E-state index in [1.165, 1.54) is 11.8 Å². The number of anilines is 1. The molecule has 1 aliphatic heterocycles. The minimum absolute atomic E-state index is 0.182. The Labute approximate surface area is 124 Å². The van der Waals surface area contributed by atoms with Crippen molar-refractivity contribution in [1.29, 1.82) is 0 Å². The number of methoxy groups -OCH3 is 1. The Kier molecular flexibility index (Phi) is 5.14. The molecule has 1 amide bonds. The van der Waals surface area contributed by atoms with Gasteiger partial charge in [0, 0.05) is 42.8 Å². The number of benzene rings is 1. The van der Waals surface area contributed by atoms with Gasteiger partial charge in [-0.3, -0.25) is 4.79 Å². The van der Waals surface area contributed by atoms with Gasteiger partial charge in [-0.2, -0.15) is 0 Å². The van der Waals surface area contributed by atoms with Crippen molar-refractivity contribution in [2.45, 2.75) is 4.90 Å². The summed E-state index contributed by atoms with van der Waals surface area (Å²) >= 11 is 1.50. The molecule has 0 radical (unpaired) electrons. The van der Waals surface area contributed by atoms with Crippen LogP contribution in [0, 0.1) is 0 Å². The highest BCUT2D eigenvalue weighted by atomic mass is 32.2. The molecule has 1 aromatic rings. The van der Waals surface area contributed by atoms with Crippen LogP contribution in [0.1, 0.15) is 0 Å². The normalized spacial score (nSPS) is 16.2. The van der Waals surface area contributed by atoms with Gasteiger partial charge in [-0.1, -0.05) is 0 Å². The van der Waals surface area contributed by atoms with Crippen LogP contribution in [-0.4, -0.2) is 61.8 Å². The standard InChI is InChI=1S/C14H21N3O2S/c1-16-5-7-17(8-6-16)14(18)10-20-13-4-3-11(15)9-12(13)19-2/h3-4,9H,5-8,10,15H2,1-2H3. The van der Waals surface area contributed by atoms with E-state index in [4.69, 9.17) is 10.5 Å². The van der Waals surface area contributed by atoms with Crippen molar-refractivity contribution in [1.82, 2.24) is 9.80 Å². The molecule has 0 unspecified atom stereocenters. The fourth-order valence-corrected chi connectivity index (χ4v) is 3.00. The zero-order valence-electron chi connectivity index (χ0n) is 12.0. The Balaban J connectivity index is 1.90. The maximum atomic E-state index is 12.2. The number of nitrogens with zero attached hydrogens (tertiary/aromatic N) is 2. The molecule has 20 heavy (non-hydrogen) atoms. The molecule has 0 atom stereocenters. The van der Waals surface area contributed by atoms with Gasteiger partial charge in [0.2, 0.25) is 5.91 Å². The SMILES string of the molecule is COc1cc(N)ccc1SCC(=O)N1CCN(C)CC1. The molecule has 5 nitrogen and oxygen atoms in total. The molecule has 1 saturated heterocycles. The molecule has 6 heteroatoms. The Morgan fingerprint density at radius 2 is 2.05 bits per heavy atom. The van der Waals surface area contributed by atoms with Crippen LogP contribution in [0.5, 0.6) is 5.75 Å². The Morgan fingerprint density at radius 1 is 1.35 bits per heavy atom. The highest BCUT2D eigenvalue weighted by molar-refractivity contribution is 8.00. The number of thioether (sulfide) groups is 1. The molecule has 0 aliphatic carbocycles. The lowest BCUT2D eigenvalue weighted by Crippen LogP contribution is -2.47. The van der Waals surface area contributed by atoms with Gasteiger partial charge in [0.15, 0.2) is 0 Å². The third-order valence-electron chi connectivity index (χ3n) is 3.39. The predicted octanol–water partition coefficient (Wildman–Crippen LogP) is 1.14. The van der Waals surface area contributed by atoms with Crippen LogP contribution in [0.3, 0.4) is 0 Å². The van der Waals surface area contributed by atoms with E-state index in [-0.39, 0.29) is 5.91 Å². The number of hydrogen-bond acceptors (Lipinski definition) is 5. The van der Waals surface area contributed by atoms with Gasteiger partial charge in [-0.15, -0.1) is 11.8 Å². The quantitative estimate of drug-likeness (QED) is 0.667. The van der Waals surface area contributed by atoms with Crippen LogP contribution in [-0.2, 0) is 4.79 Å². The Morgan fingerprint density at radius 3 is 2.70 bits per heavy atom. The number of carbonyl (C=O) groups excluding carboxylic acids is 1. The molecule has 1 aromatic carbocycles. The molecule has 1 heterocycles. The third kappa shape index (κ3) is 3.80. The van der Waals surface area contributed by atoms with E-state index in [1.807, 2.05) is 17.0 Å². The maximum absolute atomic E-state index is 12.2. The van der Waals surface area contributed by atoms with E-state index >= 15 is 0 Å². The number of likely N-dealkylation sites (N-methyl/N-ethyl adjacent to an activating group) is 1. The molecule has 1 aliphatic rings. The second-order valence-corrected chi connectivity index (χ2v) is 5.90. The molecular weight excluding hydrogens is 274 g/mol. The van der Waals surface area contributed by atoms with Gasteiger partial charge in [0.1, 0.15) is 5.75 Å². The highest BCUT2D eigenvalue weighted by Gasteiger charge is 2.19. The predicted molar refractivity (Wildman–Crippen MR) is 82.2 cm³/mol. The summed E-state index contributed by atoms with van der Waals surface area (Å²) < 4.78 is 5.29. The number of ether oxygens (including phenoxy) is 1.